The van der Waals surface area contributed by atoms with Gasteiger partial charge < -0.3 is 10.2 Å². The lowest BCUT2D eigenvalue weighted by Crippen LogP contribution is -2.23. The van der Waals surface area contributed by atoms with Gasteiger partial charge in [-0.3, -0.25) is 4.90 Å². The molecule has 1 fully saturated rings. The highest BCUT2D eigenvalue weighted by Crippen LogP contribution is 2.33. The van der Waals surface area contributed by atoms with Crippen molar-refractivity contribution in [1.82, 2.24) is 9.88 Å². The number of benzene rings is 2. The van der Waals surface area contributed by atoms with Crippen LogP contribution in [0.2, 0.25) is 5.02 Å². The van der Waals surface area contributed by atoms with E-state index in [1.54, 1.807) is 0 Å². The van der Waals surface area contributed by atoms with Crippen LogP contribution in [0.1, 0.15) is 23.1 Å². The van der Waals surface area contributed by atoms with E-state index < -0.39 is 0 Å². The smallest absolute Gasteiger partial charge is 0.209 e. The van der Waals surface area contributed by atoms with Gasteiger partial charge in [-0.2, -0.15) is 0 Å². The van der Waals surface area contributed by atoms with E-state index in [1.165, 1.54) is 5.56 Å². The fourth-order valence-corrected chi connectivity index (χ4v) is 4.11. The van der Waals surface area contributed by atoms with Crippen LogP contribution in [0, 0.1) is 12.8 Å². The molecule has 0 amide bonds. The maximum atomic E-state index is 6.09. The van der Waals surface area contributed by atoms with Crippen LogP contribution in [-0.2, 0) is 6.54 Å². The normalized spacial score (nSPS) is 18.9. The lowest BCUT2D eigenvalue weighted by atomic mass is 9.89. The van der Waals surface area contributed by atoms with Gasteiger partial charge in [0.05, 0.1) is 12.2 Å². The molecule has 0 unspecified atom stereocenters. The molecule has 2 heterocycles. The summed E-state index contributed by atoms with van der Waals surface area (Å²) >= 11 is 5.99. The number of aryl methyl sites for hydroxylation is 1. The predicted molar refractivity (Wildman–Crippen MR) is 123 cm³/mol. The molecule has 4 nitrogen and oxygen atoms in total. The summed E-state index contributed by atoms with van der Waals surface area (Å²) in [6, 6.07) is 18.3. The third-order valence-electron chi connectivity index (χ3n) is 5.35. The summed E-state index contributed by atoms with van der Waals surface area (Å²) in [4.78, 5) is 7.04. The fourth-order valence-electron chi connectivity index (χ4n) is 3.99. The third kappa shape index (κ3) is 5.33. The average Bonchev–Trinajstić information content (AvgIpc) is 3.26. The third-order valence-corrected chi connectivity index (χ3v) is 5.61. The van der Waals surface area contributed by atoms with Gasteiger partial charge in [-0.25, -0.2) is 4.98 Å². The van der Waals surface area contributed by atoms with Gasteiger partial charge in [0, 0.05) is 29.6 Å². The second-order valence-corrected chi connectivity index (χ2v) is 7.67. The summed E-state index contributed by atoms with van der Waals surface area (Å²) in [5.74, 6) is 2.49. The van der Waals surface area contributed by atoms with Gasteiger partial charge in [-0.1, -0.05) is 41.9 Å². The molecule has 0 saturated carbocycles. The van der Waals surface area contributed by atoms with Crippen molar-refractivity contribution in [1.29, 1.82) is 0 Å². The van der Waals surface area contributed by atoms with Crippen molar-refractivity contribution < 1.29 is 4.42 Å². The molecule has 0 bridgehead atoms. The minimum Gasteiger partial charge on any atom is -0.439 e. The minimum atomic E-state index is 0. The van der Waals surface area contributed by atoms with Crippen molar-refractivity contribution in [2.45, 2.75) is 19.4 Å². The second-order valence-electron chi connectivity index (χ2n) is 7.24. The molecule has 2 aromatic carbocycles. The van der Waals surface area contributed by atoms with E-state index in [0.29, 0.717) is 29.9 Å². The van der Waals surface area contributed by atoms with Crippen molar-refractivity contribution in [3.63, 3.8) is 0 Å². The summed E-state index contributed by atoms with van der Waals surface area (Å²) in [5.41, 5.74) is 9.32. The second kappa shape index (κ2) is 10.5. The van der Waals surface area contributed by atoms with Crippen LogP contribution in [0.3, 0.4) is 0 Å². The zero-order valence-corrected chi connectivity index (χ0v) is 18.6. The number of nitrogens with two attached hydrogens (primary N) is 1. The number of halogens is 3. The molecule has 0 aliphatic carbocycles. The monoisotopic (exact) mass is 453 g/mol. The molecule has 4 rings (SSSR count). The highest BCUT2D eigenvalue weighted by molar-refractivity contribution is 6.30. The Morgan fingerprint density at radius 1 is 1.07 bits per heavy atom. The van der Waals surface area contributed by atoms with E-state index in [1.807, 2.05) is 31.2 Å². The first-order chi connectivity index (χ1) is 13.1. The number of oxazole rings is 1. The molecule has 1 saturated heterocycles. The van der Waals surface area contributed by atoms with Gasteiger partial charge in [0.2, 0.25) is 5.89 Å². The Balaban J connectivity index is 0.00000150. The van der Waals surface area contributed by atoms with Crippen LogP contribution >= 0.6 is 36.4 Å². The first-order valence-corrected chi connectivity index (χ1v) is 9.71. The van der Waals surface area contributed by atoms with Crippen LogP contribution in [-0.4, -0.2) is 29.5 Å². The zero-order chi connectivity index (χ0) is 18.8. The van der Waals surface area contributed by atoms with Crippen molar-refractivity contribution in [2.75, 3.05) is 19.6 Å². The van der Waals surface area contributed by atoms with Gasteiger partial charge in [-0.15, -0.1) is 24.8 Å². The molecular formula is C22H26Cl3N3O. The molecule has 3 aromatic rings. The van der Waals surface area contributed by atoms with E-state index in [9.17, 15) is 0 Å². The summed E-state index contributed by atoms with van der Waals surface area (Å²) in [7, 11) is 0. The predicted octanol–water partition coefficient (Wildman–Crippen LogP) is 5.32. The lowest BCUT2D eigenvalue weighted by molar-refractivity contribution is 0.281. The maximum Gasteiger partial charge on any atom is 0.209 e. The SMILES string of the molecule is Cc1nc(CN2C[C@@H](CN)[C@H](c3ccccc3)C2)oc1-c1ccc(Cl)cc1.Cl.Cl. The molecule has 7 heteroatoms. The Morgan fingerprint density at radius 3 is 2.41 bits per heavy atom. The summed E-state index contributed by atoms with van der Waals surface area (Å²) < 4.78 is 6.09. The number of hydrogen-bond acceptors (Lipinski definition) is 4. The molecule has 1 aromatic heterocycles. The Hall–Kier alpha value is -1.56. The van der Waals surface area contributed by atoms with Crippen molar-refractivity contribution in [2.24, 2.45) is 11.7 Å². The number of hydrogen-bond donors (Lipinski definition) is 1. The molecule has 2 N–H and O–H groups in total. The Kier molecular flexibility index (Phi) is 8.56. The number of rotatable bonds is 5. The first-order valence-electron chi connectivity index (χ1n) is 9.33. The Morgan fingerprint density at radius 2 is 1.76 bits per heavy atom. The van der Waals surface area contributed by atoms with Crippen molar-refractivity contribution in [3.8, 4) is 11.3 Å². The van der Waals surface area contributed by atoms with E-state index in [4.69, 9.17) is 21.8 Å². The van der Waals surface area contributed by atoms with Gasteiger partial charge in [0.15, 0.2) is 5.76 Å². The van der Waals surface area contributed by atoms with E-state index in [0.717, 1.165) is 36.0 Å². The number of nitrogens with zero attached hydrogens (tertiary/aromatic N) is 2. The molecule has 0 spiro atoms. The van der Waals surface area contributed by atoms with Crippen LogP contribution in [0.15, 0.2) is 59.0 Å². The van der Waals surface area contributed by atoms with Crippen molar-refractivity contribution in [3.05, 3.63) is 76.8 Å². The Bertz CT molecular complexity index is 899. The van der Waals surface area contributed by atoms with Crippen LogP contribution in [0.25, 0.3) is 11.3 Å². The lowest BCUT2D eigenvalue weighted by Gasteiger charge is -2.16. The zero-order valence-electron chi connectivity index (χ0n) is 16.3. The Labute approximate surface area is 189 Å². The summed E-state index contributed by atoms with van der Waals surface area (Å²) in [6.45, 7) is 5.32. The molecule has 29 heavy (non-hydrogen) atoms. The van der Waals surface area contributed by atoms with Gasteiger partial charge >= 0.3 is 0 Å². The van der Waals surface area contributed by atoms with Crippen molar-refractivity contribution >= 4 is 36.4 Å². The molecule has 1 aliphatic heterocycles. The van der Waals surface area contributed by atoms with Crippen LogP contribution in [0.5, 0.6) is 0 Å². The largest absolute Gasteiger partial charge is 0.439 e. The van der Waals surface area contributed by atoms with E-state index in [-0.39, 0.29) is 24.8 Å². The summed E-state index contributed by atoms with van der Waals surface area (Å²) in [6.07, 6.45) is 0. The topological polar surface area (TPSA) is 55.3 Å². The highest BCUT2D eigenvalue weighted by Gasteiger charge is 2.33. The van der Waals surface area contributed by atoms with Gasteiger partial charge in [0.25, 0.3) is 0 Å². The number of likely N-dealkylation sites (tertiary alicyclic amines) is 1. The molecule has 0 radical (unpaired) electrons. The average molecular weight is 455 g/mol. The highest BCUT2D eigenvalue weighted by atomic mass is 35.5. The maximum absolute atomic E-state index is 6.09. The number of aromatic nitrogens is 1. The standard InChI is InChI=1S/C22H24ClN3O.2ClH/c1-15-22(17-7-9-19(23)10-8-17)27-21(25-15)14-26-12-18(11-24)20(13-26)16-5-3-2-4-6-16;;/h2-10,18,20H,11-14,24H2,1H3;2*1H/t18-,20+;;/m1../s1. The van der Waals surface area contributed by atoms with E-state index >= 15 is 0 Å². The van der Waals surface area contributed by atoms with Crippen LogP contribution in [0.4, 0.5) is 0 Å². The van der Waals surface area contributed by atoms with E-state index in [2.05, 4.69) is 40.2 Å². The first kappa shape index (κ1) is 23.7. The molecular weight excluding hydrogens is 429 g/mol. The molecule has 156 valence electrons. The summed E-state index contributed by atoms with van der Waals surface area (Å²) in [5, 5.41) is 0.716. The quantitative estimate of drug-likeness (QED) is 0.567. The van der Waals surface area contributed by atoms with Gasteiger partial charge in [-0.05, 0) is 49.2 Å². The minimum absolute atomic E-state index is 0. The van der Waals surface area contributed by atoms with Crippen LogP contribution < -0.4 is 5.73 Å². The fraction of sp³-hybridized carbons (Fsp3) is 0.318. The van der Waals surface area contributed by atoms with Gasteiger partial charge in [0.1, 0.15) is 0 Å². The molecule has 2 atom stereocenters. The molecule has 1 aliphatic rings.